The van der Waals surface area contributed by atoms with E-state index in [9.17, 15) is 19.5 Å². The van der Waals surface area contributed by atoms with Crippen molar-refractivity contribution >= 4 is 17.9 Å². The second-order valence-electron chi connectivity index (χ2n) is 3.55. The average Bonchev–Trinajstić information content (AvgIpc) is 1.98. The first-order valence-corrected chi connectivity index (χ1v) is 4.56. The Bertz CT molecular complexity index is 270. The molecular weight excluding hydrogens is 259 g/mol. The maximum absolute atomic E-state index is 10.3. The smallest absolute Gasteiger partial charge is 0.550 e. The number of carboxylic acids is 3. The van der Waals surface area contributed by atoms with Crippen molar-refractivity contribution in [1.82, 2.24) is 0 Å². The van der Waals surface area contributed by atoms with Gasteiger partial charge in [-0.05, 0) is 13.8 Å². The zero-order chi connectivity index (χ0) is 14.2. The van der Waals surface area contributed by atoms with E-state index in [4.69, 9.17) is 20.4 Å². The molecule has 100 valence electrons. The van der Waals surface area contributed by atoms with E-state index in [0.717, 1.165) is 0 Å². The summed E-state index contributed by atoms with van der Waals surface area (Å²) in [5.41, 5.74) is -2.80. The van der Waals surface area contributed by atoms with E-state index in [2.05, 4.69) is 0 Å². The number of aliphatic hydroxyl groups excluding tert-OH is 1. The van der Waals surface area contributed by atoms with Crippen LogP contribution in [0, 0.1) is 0 Å². The fraction of sp³-hybridized carbons (Fsp3) is 0.667. The molecule has 8 nitrogen and oxygen atoms in total. The van der Waals surface area contributed by atoms with Gasteiger partial charge in [-0.3, -0.25) is 4.79 Å². The standard InChI is InChI=1S/C6H8O7.C3H8O.Na/c7-3(8)1-6(13,5(11)12)2-4(9)10;1-3(2)4;/h13H,1-2H2,(H,7,8)(H,9,10)(H,11,12);3-4H,1-2H3;/q;;+1/p-1. The Morgan fingerprint density at radius 1 is 1.17 bits per heavy atom. The van der Waals surface area contributed by atoms with Crippen LogP contribution in [0.25, 0.3) is 0 Å². The first kappa shape index (κ1) is 22.5. The van der Waals surface area contributed by atoms with Crippen LogP contribution in [0.1, 0.15) is 26.7 Å². The molecule has 0 saturated heterocycles. The number of carboxylic acid groups (broad SMARTS) is 3. The summed E-state index contributed by atoms with van der Waals surface area (Å²) in [6, 6.07) is 0. The summed E-state index contributed by atoms with van der Waals surface area (Å²) in [4.78, 5) is 30.3. The zero-order valence-electron chi connectivity index (χ0n) is 10.4. The molecule has 0 bridgehead atoms. The van der Waals surface area contributed by atoms with Crippen LogP contribution >= 0.6 is 0 Å². The molecule has 9 heteroatoms. The second kappa shape index (κ2) is 10.3. The number of hydrogen-bond acceptors (Lipinski definition) is 6. The first-order chi connectivity index (χ1) is 7.51. The Labute approximate surface area is 126 Å². The third kappa shape index (κ3) is 13.4. The van der Waals surface area contributed by atoms with E-state index in [-0.39, 0.29) is 35.7 Å². The van der Waals surface area contributed by atoms with Gasteiger partial charge in [-0.15, -0.1) is 0 Å². The minimum Gasteiger partial charge on any atom is -0.550 e. The van der Waals surface area contributed by atoms with Crippen molar-refractivity contribution in [3.05, 3.63) is 0 Å². The van der Waals surface area contributed by atoms with E-state index in [1.807, 2.05) is 0 Å². The molecular formula is C9H15NaO8. The van der Waals surface area contributed by atoms with Crippen molar-refractivity contribution in [2.24, 2.45) is 0 Å². The molecule has 0 radical (unpaired) electrons. The number of aliphatic carboxylic acids is 3. The van der Waals surface area contributed by atoms with E-state index in [1.165, 1.54) is 0 Å². The van der Waals surface area contributed by atoms with Gasteiger partial charge in [-0.25, -0.2) is 4.79 Å². The Balaban J connectivity index is -0.000000392. The van der Waals surface area contributed by atoms with Crippen LogP contribution in [-0.2, 0) is 14.4 Å². The predicted molar refractivity (Wildman–Crippen MR) is 51.8 cm³/mol. The average molecular weight is 274 g/mol. The molecule has 1 unspecified atom stereocenters. The molecule has 0 spiro atoms. The molecule has 0 aromatic heterocycles. The van der Waals surface area contributed by atoms with Gasteiger partial charge >= 0.3 is 41.5 Å². The normalized spacial score (nSPS) is 12.5. The second-order valence-corrected chi connectivity index (χ2v) is 3.55. The zero-order valence-corrected chi connectivity index (χ0v) is 12.4. The van der Waals surface area contributed by atoms with Gasteiger partial charge < -0.3 is 30.3 Å². The van der Waals surface area contributed by atoms with Crippen LogP contribution in [0.3, 0.4) is 0 Å². The van der Waals surface area contributed by atoms with Crippen molar-refractivity contribution in [1.29, 1.82) is 0 Å². The van der Waals surface area contributed by atoms with Crippen molar-refractivity contribution in [3.8, 4) is 0 Å². The fourth-order valence-electron chi connectivity index (χ4n) is 0.703. The van der Waals surface area contributed by atoms with Crippen LogP contribution in [0.5, 0.6) is 0 Å². The monoisotopic (exact) mass is 274 g/mol. The molecule has 0 aliphatic heterocycles. The van der Waals surface area contributed by atoms with Crippen molar-refractivity contribution in [2.45, 2.75) is 38.4 Å². The minimum absolute atomic E-state index is 0. The van der Waals surface area contributed by atoms with Crippen LogP contribution in [0.2, 0.25) is 0 Å². The van der Waals surface area contributed by atoms with Crippen molar-refractivity contribution in [3.63, 3.8) is 0 Å². The summed E-state index contributed by atoms with van der Waals surface area (Å²) in [5.74, 6) is -5.34. The summed E-state index contributed by atoms with van der Waals surface area (Å²) < 4.78 is 0. The van der Waals surface area contributed by atoms with Gasteiger partial charge in [-0.1, -0.05) is 0 Å². The Kier molecular flexibility index (Phi) is 12.8. The van der Waals surface area contributed by atoms with E-state index in [0.29, 0.717) is 0 Å². The fourth-order valence-corrected chi connectivity index (χ4v) is 0.703. The number of rotatable bonds is 5. The molecule has 0 aromatic carbocycles. The molecule has 0 heterocycles. The molecule has 0 amide bonds. The summed E-state index contributed by atoms with van der Waals surface area (Å²) in [7, 11) is 0. The van der Waals surface area contributed by atoms with E-state index >= 15 is 0 Å². The molecule has 0 rings (SSSR count). The number of hydrogen-bond donors (Lipinski definition) is 4. The van der Waals surface area contributed by atoms with Gasteiger partial charge in [0, 0.05) is 18.5 Å². The van der Waals surface area contributed by atoms with E-state index < -0.39 is 36.4 Å². The van der Waals surface area contributed by atoms with Gasteiger partial charge in [0.1, 0.15) is 0 Å². The minimum atomic E-state index is -2.80. The Morgan fingerprint density at radius 2 is 1.50 bits per heavy atom. The van der Waals surface area contributed by atoms with Crippen molar-refractivity contribution < 1.29 is 69.5 Å². The SMILES string of the molecule is CC(C)O.O=C([O-])CC(O)(CC(=O)O)C(=O)O.[Na+]. The molecule has 0 saturated carbocycles. The molecule has 0 aliphatic carbocycles. The van der Waals surface area contributed by atoms with Gasteiger partial charge in [0.2, 0.25) is 0 Å². The number of carbonyl (C=O) groups is 3. The quantitative estimate of drug-likeness (QED) is 0.362. The van der Waals surface area contributed by atoms with Gasteiger partial charge in [0.15, 0.2) is 5.60 Å². The van der Waals surface area contributed by atoms with Gasteiger partial charge in [0.05, 0.1) is 6.42 Å². The van der Waals surface area contributed by atoms with Gasteiger partial charge in [-0.2, -0.15) is 0 Å². The Hall–Kier alpha value is -0.670. The van der Waals surface area contributed by atoms with Crippen LogP contribution < -0.4 is 34.7 Å². The van der Waals surface area contributed by atoms with Gasteiger partial charge in [0.25, 0.3) is 0 Å². The summed E-state index contributed by atoms with van der Waals surface area (Å²) in [6.45, 7) is 3.44. The van der Waals surface area contributed by atoms with Crippen LogP contribution in [0.15, 0.2) is 0 Å². The largest absolute Gasteiger partial charge is 1.00 e. The van der Waals surface area contributed by atoms with E-state index in [1.54, 1.807) is 13.8 Å². The summed E-state index contributed by atoms with van der Waals surface area (Å²) in [5, 5.41) is 43.6. The van der Waals surface area contributed by atoms with Crippen LogP contribution in [-0.4, -0.2) is 50.0 Å². The molecule has 0 aliphatic rings. The maximum atomic E-state index is 10.3. The molecule has 0 fully saturated rings. The Morgan fingerprint density at radius 3 is 1.67 bits per heavy atom. The number of carbonyl (C=O) groups excluding carboxylic acids is 1. The number of aliphatic hydroxyl groups is 2. The van der Waals surface area contributed by atoms with Crippen molar-refractivity contribution in [2.75, 3.05) is 0 Å². The molecule has 1 atom stereocenters. The summed E-state index contributed by atoms with van der Waals surface area (Å²) in [6.07, 6.45) is -2.61. The third-order valence-electron chi connectivity index (χ3n) is 1.28. The van der Waals surface area contributed by atoms with Crippen LogP contribution in [0.4, 0.5) is 0 Å². The maximum Gasteiger partial charge on any atom is 1.00 e. The third-order valence-corrected chi connectivity index (χ3v) is 1.28. The molecule has 0 aromatic rings. The first-order valence-electron chi connectivity index (χ1n) is 4.56. The molecule has 18 heavy (non-hydrogen) atoms. The predicted octanol–water partition coefficient (Wildman–Crippen LogP) is -5.19. The molecule has 4 N–H and O–H groups in total. The summed E-state index contributed by atoms with van der Waals surface area (Å²) >= 11 is 0. The topological polar surface area (TPSA) is 155 Å².